The van der Waals surface area contributed by atoms with Crippen LogP contribution in [0.3, 0.4) is 0 Å². The van der Waals surface area contributed by atoms with Gasteiger partial charge >= 0.3 is 0 Å². The van der Waals surface area contributed by atoms with Crippen molar-refractivity contribution in [1.29, 1.82) is 0 Å². The quantitative estimate of drug-likeness (QED) is 0.673. The van der Waals surface area contributed by atoms with Crippen LogP contribution in [0.15, 0.2) is 30.6 Å². The summed E-state index contributed by atoms with van der Waals surface area (Å²) in [5.41, 5.74) is 2.64. The number of halogens is 1. The topological polar surface area (TPSA) is 51.6 Å². The lowest BCUT2D eigenvalue weighted by atomic mass is 10.2. The van der Waals surface area contributed by atoms with Crippen LogP contribution < -0.4 is 0 Å². The number of benzene rings is 1. The van der Waals surface area contributed by atoms with E-state index in [4.69, 9.17) is 11.6 Å². The number of hydrogen-bond donors (Lipinski definition) is 0. The third-order valence-electron chi connectivity index (χ3n) is 2.51. The molecule has 2 aromatic heterocycles. The molecule has 6 heteroatoms. The van der Waals surface area contributed by atoms with Crippen LogP contribution in [0.25, 0.3) is 21.6 Å². The fraction of sp³-hybridized carbons (Fsp3) is 0.167. The van der Waals surface area contributed by atoms with Gasteiger partial charge in [-0.25, -0.2) is 0 Å². The first-order chi connectivity index (χ1) is 8.75. The summed E-state index contributed by atoms with van der Waals surface area (Å²) in [5, 5.41) is 9.77. The molecule has 4 nitrogen and oxygen atoms in total. The standard InChI is InChI=1S/C12H9ClN4S/c1-7(13)11-16-17-12(18-11)8-3-2-4-9-10(8)15-6-5-14-9/h2-7H,1H3. The second-order valence-corrected chi connectivity index (χ2v) is 5.45. The lowest BCUT2D eigenvalue weighted by Crippen LogP contribution is -1.86. The van der Waals surface area contributed by atoms with Gasteiger partial charge in [0.2, 0.25) is 0 Å². The Labute approximate surface area is 113 Å². The molecule has 2 heterocycles. The zero-order chi connectivity index (χ0) is 12.5. The van der Waals surface area contributed by atoms with Gasteiger partial charge < -0.3 is 0 Å². The Morgan fingerprint density at radius 2 is 2.00 bits per heavy atom. The highest BCUT2D eigenvalue weighted by atomic mass is 35.5. The van der Waals surface area contributed by atoms with E-state index in [0.717, 1.165) is 26.6 Å². The number of nitrogens with zero attached hydrogens (tertiary/aromatic N) is 4. The van der Waals surface area contributed by atoms with Crippen LogP contribution in [0, 0.1) is 0 Å². The molecule has 0 amide bonds. The van der Waals surface area contributed by atoms with E-state index in [9.17, 15) is 0 Å². The second-order valence-electron chi connectivity index (χ2n) is 3.79. The molecular weight excluding hydrogens is 268 g/mol. The highest BCUT2D eigenvalue weighted by Crippen LogP contribution is 2.32. The van der Waals surface area contributed by atoms with Crippen LogP contribution in [-0.4, -0.2) is 20.2 Å². The van der Waals surface area contributed by atoms with Crippen LogP contribution in [0.2, 0.25) is 0 Å². The van der Waals surface area contributed by atoms with E-state index >= 15 is 0 Å². The maximum absolute atomic E-state index is 6.00. The maximum Gasteiger partial charge on any atom is 0.150 e. The molecule has 0 aliphatic heterocycles. The minimum Gasteiger partial charge on any atom is -0.253 e. The summed E-state index contributed by atoms with van der Waals surface area (Å²) < 4.78 is 0. The molecule has 0 saturated heterocycles. The SMILES string of the molecule is CC(Cl)c1nnc(-c2cccc3nccnc23)s1. The summed E-state index contributed by atoms with van der Waals surface area (Å²) in [6.07, 6.45) is 3.36. The summed E-state index contributed by atoms with van der Waals surface area (Å²) in [7, 11) is 0. The van der Waals surface area contributed by atoms with E-state index in [1.165, 1.54) is 11.3 Å². The van der Waals surface area contributed by atoms with Crippen molar-refractivity contribution < 1.29 is 0 Å². The molecule has 0 bridgehead atoms. The fourth-order valence-electron chi connectivity index (χ4n) is 1.67. The van der Waals surface area contributed by atoms with Gasteiger partial charge in [0.1, 0.15) is 10.0 Å². The Morgan fingerprint density at radius 3 is 2.78 bits per heavy atom. The summed E-state index contributed by atoms with van der Waals surface area (Å²) in [6.45, 7) is 1.88. The Hall–Kier alpha value is -1.59. The fourth-order valence-corrected chi connectivity index (χ4v) is 2.65. The van der Waals surface area contributed by atoms with E-state index in [0.29, 0.717) is 0 Å². The average Bonchev–Trinajstić information content (AvgIpc) is 2.87. The molecule has 0 radical (unpaired) electrons. The van der Waals surface area contributed by atoms with E-state index < -0.39 is 0 Å². The predicted octanol–water partition coefficient (Wildman–Crippen LogP) is 3.45. The monoisotopic (exact) mass is 276 g/mol. The molecule has 0 saturated carbocycles. The molecule has 1 aromatic carbocycles. The summed E-state index contributed by atoms with van der Waals surface area (Å²) in [5.74, 6) is 0. The predicted molar refractivity (Wildman–Crippen MR) is 72.7 cm³/mol. The second kappa shape index (κ2) is 4.59. The molecule has 90 valence electrons. The van der Waals surface area contributed by atoms with Gasteiger partial charge in [0.25, 0.3) is 0 Å². The lowest BCUT2D eigenvalue weighted by molar-refractivity contribution is 0.963. The van der Waals surface area contributed by atoms with Crippen LogP contribution in [0.4, 0.5) is 0 Å². The van der Waals surface area contributed by atoms with Crippen molar-refractivity contribution in [1.82, 2.24) is 20.2 Å². The third-order valence-corrected chi connectivity index (χ3v) is 3.99. The van der Waals surface area contributed by atoms with E-state index in [2.05, 4.69) is 20.2 Å². The molecule has 18 heavy (non-hydrogen) atoms. The minimum atomic E-state index is -0.127. The van der Waals surface area contributed by atoms with Gasteiger partial charge in [-0.1, -0.05) is 17.4 Å². The first-order valence-corrected chi connectivity index (χ1v) is 6.68. The van der Waals surface area contributed by atoms with Crippen LogP contribution in [0.5, 0.6) is 0 Å². The van der Waals surface area contributed by atoms with E-state index in [-0.39, 0.29) is 5.38 Å². The van der Waals surface area contributed by atoms with E-state index in [1.807, 2.05) is 25.1 Å². The van der Waals surface area contributed by atoms with Crippen LogP contribution in [0.1, 0.15) is 17.3 Å². The molecule has 1 atom stereocenters. The highest BCUT2D eigenvalue weighted by molar-refractivity contribution is 7.15. The number of para-hydroxylation sites is 1. The number of alkyl halides is 1. The first-order valence-electron chi connectivity index (χ1n) is 5.43. The molecule has 3 rings (SSSR count). The highest BCUT2D eigenvalue weighted by Gasteiger charge is 2.13. The van der Waals surface area contributed by atoms with Crippen molar-refractivity contribution in [2.24, 2.45) is 0 Å². The molecule has 0 N–H and O–H groups in total. The van der Waals surface area contributed by atoms with Gasteiger partial charge in [0, 0.05) is 18.0 Å². The Kier molecular flexibility index (Phi) is 2.93. The molecule has 1 unspecified atom stereocenters. The summed E-state index contributed by atoms with van der Waals surface area (Å²) in [6, 6.07) is 5.84. The Morgan fingerprint density at radius 1 is 1.17 bits per heavy atom. The van der Waals surface area contributed by atoms with Crippen molar-refractivity contribution in [2.75, 3.05) is 0 Å². The van der Waals surface area contributed by atoms with Crippen molar-refractivity contribution in [3.05, 3.63) is 35.6 Å². The van der Waals surface area contributed by atoms with Crippen molar-refractivity contribution in [2.45, 2.75) is 12.3 Å². The van der Waals surface area contributed by atoms with Crippen LogP contribution >= 0.6 is 22.9 Å². The van der Waals surface area contributed by atoms with Gasteiger partial charge in [-0.3, -0.25) is 9.97 Å². The lowest BCUT2D eigenvalue weighted by Gasteiger charge is -2.00. The van der Waals surface area contributed by atoms with Gasteiger partial charge in [0.15, 0.2) is 0 Å². The van der Waals surface area contributed by atoms with Gasteiger partial charge in [0.05, 0.1) is 16.4 Å². The zero-order valence-corrected chi connectivity index (χ0v) is 11.1. The Bertz CT molecular complexity index is 690. The molecule has 0 aliphatic carbocycles. The van der Waals surface area contributed by atoms with Crippen molar-refractivity contribution in [3.8, 4) is 10.6 Å². The molecule has 0 aliphatic rings. The van der Waals surface area contributed by atoms with Gasteiger partial charge in [-0.2, -0.15) is 0 Å². The summed E-state index contributed by atoms with van der Waals surface area (Å²) >= 11 is 7.49. The van der Waals surface area contributed by atoms with Crippen molar-refractivity contribution in [3.63, 3.8) is 0 Å². The van der Waals surface area contributed by atoms with Gasteiger partial charge in [-0.05, 0) is 19.1 Å². The normalized spacial score (nSPS) is 12.8. The molecule has 0 fully saturated rings. The smallest absolute Gasteiger partial charge is 0.150 e. The van der Waals surface area contributed by atoms with Crippen molar-refractivity contribution >= 4 is 34.0 Å². The number of rotatable bonds is 2. The third kappa shape index (κ3) is 1.95. The average molecular weight is 277 g/mol. The molecule has 3 aromatic rings. The minimum absolute atomic E-state index is 0.127. The van der Waals surface area contributed by atoms with E-state index in [1.54, 1.807) is 12.4 Å². The number of hydrogen-bond acceptors (Lipinski definition) is 5. The molecule has 0 spiro atoms. The number of fused-ring (bicyclic) bond motifs is 1. The van der Waals surface area contributed by atoms with Gasteiger partial charge in [-0.15, -0.1) is 21.8 Å². The molecular formula is C12H9ClN4S. The largest absolute Gasteiger partial charge is 0.253 e. The van der Waals surface area contributed by atoms with Crippen LogP contribution in [-0.2, 0) is 0 Å². The first kappa shape index (κ1) is 11.5. The summed E-state index contributed by atoms with van der Waals surface area (Å²) in [4.78, 5) is 8.63. The number of aromatic nitrogens is 4. The maximum atomic E-state index is 6.00. The zero-order valence-electron chi connectivity index (χ0n) is 9.54. The Balaban J connectivity index is 2.18.